The van der Waals surface area contributed by atoms with Gasteiger partial charge in [-0.25, -0.2) is 0 Å². The Morgan fingerprint density at radius 1 is 1.17 bits per heavy atom. The van der Waals surface area contributed by atoms with Crippen LogP contribution in [0.5, 0.6) is 0 Å². The summed E-state index contributed by atoms with van der Waals surface area (Å²) in [5, 5.41) is 0. The third kappa shape index (κ3) is 3.98. The van der Waals surface area contributed by atoms with Gasteiger partial charge in [-0.15, -0.1) is 0 Å². The maximum absolute atomic E-state index is 10.3. The number of aldehydes is 1. The van der Waals surface area contributed by atoms with E-state index in [9.17, 15) is 4.79 Å². The summed E-state index contributed by atoms with van der Waals surface area (Å²) in [6, 6.07) is 0. The molecular formula is C22H34O. The maximum atomic E-state index is 10.3. The fourth-order valence-corrected chi connectivity index (χ4v) is 5.56. The van der Waals surface area contributed by atoms with Gasteiger partial charge in [0.1, 0.15) is 6.29 Å². The zero-order valence-electron chi connectivity index (χ0n) is 15.1. The van der Waals surface area contributed by atoms with Crippen molar-refractivity contribution in [1.82, 2.24) is 0 Å². The molecule has 0 spiro atoms. The first-order chi connectivity index (χ1) is 11.1. The Kier molecular flexibility index (Phi) is 5.44. The second-order valence-corrected chi connectivity index (χ2v) is 8.97. The summed E-state index contributed by atoms with van der Waals surface area (Å²) >= 11 is 0. The van der Waals surface area contributed by atoms with Crippen molar-refractivity contribution in [2.75, 3.05) is 0 Å². The molecule has 3 fully saturated rings. The normalized spacial score (nSPS) is 38.3. The van der Waals surface area contributed by atoms with Gasteiger partial charge in [-0.3, -0.25) is 0 Å². The molecule has 0 radical (unpaired) electrons. The molecular weight excluding hydrogens is 280 g/mol. The van der Waals surface area contributed by atoms with Crippen molar-refractivity contribution in [3.63, 3.8) is 0 Å². The molecule has 4 aliphatic rings. The van der Waals surface area contributed by atoms with E-state index in [0.717, 1.165) is 42.8 Å². The lowest BCUT2D eigenvalue weighted by Gasteiger charge is -2.26. The summed E-state index contributed by atoms with van der Waals surface area (Å²) in [6.45, 7) is 4.66. The van der Waals surface area contributed by atoms with Gasteiger partial charge in [-0.1, -0.05) is 44.1 Å². The monoisotopic (exact) mass is 314 g/mol. The number of carbonyl (C=O) groups excluding carboxylic acids is 1. The van der Waals surface area contributed by atoms with Crippen molar-refractivity contribution in [1.29, 1.82) is 0 Å². The molecule has 0 N–H and O–H groups in total. The fraction of sp³-hybridized carbons (Fsp3) is 0.773. The minimum absolute atomic E-state index is 0.592. The first kappa shape index (κ1) is 17.0. The molecule has 0 aromatic rings. The van der Waals surface area contributed by atoms with Crippen molar-refractivity contribution in [2.24, 2.45) is 29.1 Å². The number of hydrogen-bond acceptors (Lipinski definition) is 1. The molecule has 3 saturated carbocycles. The molecule has 0 aliphatic heterocycles. The van der Waals surface area contributed by atoms with Crippen molar-refractivity contribution in [3.05, 3.63) is 23.8 Å². The van der Waals surface area contributed by atoms with E-state index < -0.39 is 0 Å². The van der Waals surface area contributed by atoms with Crippen molar-refractivity contribution >= 4 is 6.29 Å². The zero-order valence-corrected chi connectivity index (χ0v) is 15.1. The van der Waals surface area contributed by atoms with E-state index in [-0.39, 0.29) is 0 Å². The van der Waals surface area contributed by atoms with Crippen LogP contribution in [0.2, 0.25) is 0 Å². The van der Waals surface area contributed by atoms with Gasteiger partial charge in [0.05, 0.1) is 0 Å². The molecule has 0 heterocycles. The Morgan fingerprint density at radius 3 is 2.65 bits per heavy atom. The number of carbonyl (C=O) groups is 1. The largest absolute Gasteiger partial charge is 0.303 e. The zero-order chi connectivity index (χ0) is 16.3. The Labute approximate surface area is 142 Å². The third-order valence-corrected chi connectivity index (χ3v) is 6.79. The number of allylic oxidation sites excluding steroid dienone is 4. The van der Waals surface area contributed by atoms with Crippen LogP contribution in [0.1, 0.15) is 78.1 Å². The van der Waals surface area contributed by atoms with Gasteiger partial charge in [-0.05, 0) is 80.5 Å². The van der Waals surface area contributed by atoms with Crippen LogP contribution < -0.4 is 0 Å². The third-order valence-electron chi connectivity index (χ3n) is 6.79. The highest BCUT2D eigenvalue weighted by Crippen LogP contribution is 2.60. The van der Waals surface area contributed by atoms with E-state index in [1.165, 1.54) is 51.4 Å². The van der Waals surface area contributed by atoms with Crippen LogP contribution in [-0.2, 0) is 4.79 Å². The summed E-state index contributed by atoms with van der Waals surface area (Å²) in [6.07, 6.45) is 20.9. The van der Waals surface area contributed by atoms with Crippen LogP contribution in [0.15, 0.2) is 23.8 Å². The molecule has 4 rings (SSSR count). The molecule has 4 aliphatic carbocycles. The molecule has 0 saturated heterocycles. The summed E-state index contributed by atoms with van der Waals surface area (Å²) in [4.78, 5) is 10.3. The van der Waals surface area contributed by atoms with Gasteiger partial charge < -0.3 is 4.79 Å². The molecule has 2 bridgehead atoms. The Balaban J connectivity index is 0.000000166. The molecule has 4 unspecified atom stereocenters. The van der Waals surface area contributed by atoms with Gasteiger partial charge in [0.15, 0.2) is 0 Å². The molecule has 128 valence electrons. The second kappa shape index (κ2) is 7.36. The lowest BCUT2D eigenvalue weighted by atomic mass is 9.79. The predicted molar refractivity (Wildman–Crippen MR) is 97.2 cm³/mol. The first-order valence-corrected chi connectivity index (χ1v) is 9.88. The Morgan fingerprint density at radius 2 is 2.00 bits per heavy atom. The highest BCUT2D eigenvalue weighted by molar-refractivity contribution is 5.49. The van der Waals surface area contributed by atoms with Crippen LogP contribution in [0, 0.1) is 29.1 Å². The average molecular weight is 315 g/mol. The van der Waals surface area contributed by atoms with Crippen LogP contribution in [0.25, 0.3) is 0 Å². The molecule has 23 heavy (non-hydrogen) atoms. The van der Waals surface area contributed by atoms with Crippen molar-refractivity contribution in [2.45, 2.75) is 78.1 Å². The minimum Gasteiger partial charge on any atom is -0.303 e. The lowest BCUT2D eigenvalue weighted by molar-refractivity contribution is -0.107. The molecule has 1 nitrogen and oxygen atoms in total. The van der Waals surface area contributed by atoms with Gasteiger partial charge >= 0.3 is 0 Å². The van der Waals surface area contributed by atoms with E-state index in [1.54, 1.807) is 5.57 Å². The number of fused-ring (bicyclic) bond motifs is 5. The molecule has 0 aromatic carbocycles. The van der Waals surface area contributed by atoms with Crippen LogP contribution in [0.3, 0.4) is 0 Å². The SMILES string of the molecule is CC1(C)CC=CCC1.O=CCC/C=C1\CC2CC1C1CCCC21. The summed E-state index contributed by atoms with van der Waals surface area (Å²) in [5.74, 6) is 4.06. The van der Waals surface area contributed by atoms with E-state index in [0.29, 0.717) is 5.41 Å². The van der Waals surface area contributed by atoms with Crippen molar-refractivity contribution in [3.8, 4) is 0 Å². The van der Waals surface area contributed by atoms with Crippen molar-refractivity contribution < 1.29 is 4.79 Å². The quantitative estimate of drug-likeness (QED) is 0.349. The maximum Gasteiger partial charge on any atom is 0.120 e. The summed E-state index contributed by atoms with van der Waals surface area (Å²) in [7, 11) is 0. The molecule has 0 aromatic heterocycles. The molecule has 1 heteroatoms. The van der Waals surface area contributed by atoms with E-state index in [4.69, 9.17) is 0 Å². The van der Waals surface area contributed by atoms with Gasteiger partial charge in [0, 0.05) is 6.42 Å². The Bertz CT molecular complexity index is 470. The summed E-state index contributed by atoms with van der Waals surface area (Å²) in [5.41, 5.74) is 2.30. The highest BCUT2D eigenvalue weighted by atomic mass is 16.1. The number of unbranched alkanes of at least 4 members (excludes halogenated alkanes) is 1. The summed E-state index contributed by atoms with van der Waals surface area (Å²) < 4.78 is 0. The number of rotatable bonds is 3. The highest BCUT2D eigenvalue weighted by Gasteiger charge is 2.51. The minimum atomic E-state index is 0.592. The average Bonchev–Trinajstić information content (AvgIpc) is 3.20. The standard InChI is InChI=1S/C14H20O.C8H14/c15-7-2-1-4-10-8-11-9-14(10)13-6-3-5-12(11)13;1-8(2)6-4-3-5-7-8/h4,7,11-14H,1-3,5-6,8-9H2;3-4H,5-7H2,1-2H3/b10-4+;. The second-order valence-electron chi connectivity index (χ2n) is 8.97. The van der Waals surface area contributed by atoms with Crippen LogP contribution in [-0.4, -0.2) is 6.29 Å². The Hall–Kier alpha value is -0.850. The van der Waals surface area contributed by atoms with Gasteiger partial charge in [0.25, 0.3) is 0 Å². The fourth-order valence-electron chi connectivity index (χ4n) is 5.56. The van der Waals surface area contributed by atoms with E-state index >= 15 is 0 Å². The van der Waals surface area contributed by atoms with Gasteiger partial charge in [0.2, 0.25) is 0 Å². The van der Waals surface area contributed by atoms with Crippen LogP contribution in [0.4, 0.5) is 0 Å². The lowest BCUT2D eigenvalue weighted by Crippen LogP contribution is -2.18. The van der Waals surface area contributed by atoms with E-state index in [1.807, 2.05) is 0 Å². The molecule has 4 atom stereocenters. The smallest absolute Gasteiger partial charge is 0.120 e. The number of hydrogen-bond donors (Lipinski definition) is 0. The van der Waals surface area contributed by atoms with Gasteiger partial charge in [-0.2, -0.15) is 0 Å². The van der Waals surface area contributed by atoms with E-state index in [2.05, 4.69) is 32.1 Å². The van der Waals surface area contributed by atoms with Crippen LogP contribution >= 0.6 is 0 Å². The molecule has 0 amide bonds. The first-order valence-electron chi connectivity index (χ1n) is 9.88. The topological polar surface area (TPSA) is 17.1 Å². The predicted octanol–water partition coefficient (Wildman–Crippen LogP) is 6.10.